The fraction of sp³-hybridized carbons (Fsp3) is 0. The predicted octanol–water partition coefficient (Wildman–Crippen LogP) is 3.82. The maximum atomic E-state index is 10.6. The van der Waals surface area contributed by atoms with Crippen LogP contribution in [0, 0.1) is 0 Å². The van der Waals surface area contributed by atoms with Gasteiger partial charge in [0.15, 0.2) is 0 Å². The van der Waals surface area contributed by atoms with Crippen molar-refractivity contribution in [1.29, 1.82) is 0 Å². The molecule has 0 aliphatic heterocycles. The van der Waals surface area contributed by atoms with E-state index in [9.17, 15) is 4.79 Å². The van der Waals surface area contributed by atoms with Gasteiger partial charge in [0, 0.05) is 10.6 Å². The molecule has 0 spiro atoms. The quantitative estimate of drug-likeness (QED) is 0.698. The summed E-state index contributed by atoms with van der Waals surface area (Å²) < 4.78 is 0. The Hall–Kier alpha value is -1.60. The average molecular weight is 217 g/mol. The van der Waals surface area contributed by atoms with Crippen molar-refractivity contribution in [2.75, 3.05) is 0 Å². The first-order valence-corrected chi connectivity index (χ1v) is 4.98. The lowest BCUT2D eigenvalue weighted by atomic mass is 10.0. The molecule has 2 aromatic carbocycles. The lowest BCUT2D eigenvalue weighted by Crippen LogP contribution is -1.81. The van der Waals surface area contributed by atoms with Crippen molar-refractivity contribution in [3.05, 3.63) is 59.1 Å². The highest BCUT2D eigenvalue weighted by molar-refractivity contribution is 6.30. The summed E-state index contributed by atoms with van der Waals surface area (Å²) in [6, 6.07) is 15.0. The molecule has 0 saturated heterocycles. The molecule has 0 saturated carbocycles. The second-order valence-corrected chi connectivity index (χ2v) is 3.69. The molecule has 0 aliphatic rings. The number of hydrogen-bond acceptors (Lipinski definition) is 1. The van der Waals surface area contributed by atoms with E-state index in [1.54, 1.807) is 6.07 Å². The van der Waals surface area contributed by atoms with Crippen molar-refractivity contribution in [2.24, 2.45) is 0 Å². The Labute approximate surface area is 93.3 Å². The minimum Gasteiger partial charge on any atom is -0.298 e. The first kappa shape index (κ1) is 9.94. The zero-order valence-electron chi connectivity index (χ0n) is 7.98. The summed E-state index contributed by atoms with van der Waals surface area (Å²) >= 11 is 5.80. The third kappa shape index (κ3) is 2.25. The van der Waals surface area contributed by atoms with E-state index in [4.69, 9.17) is 11.6 Å². The topological polar surface area (TPSA) is 17.1 Å². The zero-order valence-corrected chi connectivity index (χ0v) is 8.74. The molecule has 1 nitrogen and oxygen atoms in total. The summed E-state index contributed by atoms with van der Waals surface area (Å²) in [5.74, 6) is 0. The monoisotopic (exact) mass is 216 g/mol. The molecule has 0 bridgehead atoms. The van der Waals surface area contributed by atoms with Crippen molar-refractivity contribution in [3.8, 4) is 11.1 Å². The van der Waals surface area contributed by atoms with E-state index in [2.05, 4.69) is 0 Å². The highest BCUT2D eigenvalue weighted by Gasteiger charge is 1.98. The second-order valence-electron chi connectivity index (χ2n) is 3.25. The van der Waals surface area contributed by atoms with Crippen LogP contribution in [0.5, 0.6) is 0 Å². The molecule has 0 amide bonds. The van der Waals surface area contributed by atoms with Crippen LogP contribution in [0.25, 0.3) is 11.1 Å². The van der Waals surface area contributed by atoms with Gasteiger partial charge < -0.3 is 0 Å². The van der Waals surface area contributed by atoms with Crippen molar-refractivity contribution < 1.29 is 4.79 Å². The van der Waals surface area contributed by atoms with Crippen LogP contribution in [0.4, 0.5) is 0 Å². The number of carbonyl (C=O) groups excluding carboxylic acids is 1. The molecule has 0 radical (unpaired) electrons. The van der Waals surface area contributed by atoms with E-state index < -0.39 is 0 Å². The van der Waals surface area contributed by atoms with E-state index in [1.165, 1.54) is 0 Å². The Kier molecular flexibility index (Phi) is 2.84. The van der Waals surface area contributed by atoms with Gasteiger partial charge in [-0.15, -0.1) is 0 Å². The molecule has 2 rings (SSSR count). The second kappa shape index (κ2) is 4.28. The normalized spacial score (nSPS) is 9.93. The molecule has 0 N–H and O–H groups in total. The van der Waals surface area contributed by atoms with Gasteiger partial charge in [-0.1, -0.05) is 41.9 Å². The molecule has 0 aliphatic carbocycles. The van der Waals surface area contributed by atoms with Crippen molar-refractivity contribution in [1.82, 2.24) is 0 Å². The lowest BCUT2D eigenvalue weighted by molar-refractivity contribution is 0.112. The maximum absolute atomic E-state index is 10.6. The lowest BCUT2D eigenvalue weighted by Gasteiger charge is -2.02. The van der Waals surface area contributed by atoms with Gasteiger partial charge in [0.2, 0.25) is 0 Å². The Morgan fingerprint density at radius 3 is 2.33 bits per heavy atom. The van der Waals surface area contributed by atoms with E-state index >= 15 is 0 Å². The molecule has 15 heavy (non-hydrogen) atoms. The van der Waals surface area contributed by atoms with Gasteiger partial charge in [-0.05, 0) is 29.3 Å². The van der Waals surface area contributed by atoms with E-state index in [-0.39, 0.29) is 0 Å². The number of hydrogen-bond donors (Lipinski definition) is 0. The molecule has 2 heteroatoms. The first-order valence-electron chi connectivity index (χ1n) is 4.61. The van der Waals surface area contributed by atoms with Crippen molar-refractivity contribution in [2.45, 2.75) is 0 Å². The number of carbonyl (C=O) groups is 1. The van der Waals surface area contributed by atoms with Crippen molar-refractivity contribution in [3.63, 3.8) is 0 Å². The largest absolute Gasteiger partial charge is 0.298 e. The summed E-state index contributed by atoms with van der Waals surface area (Å²) in [5.41, 5.74) is 2.77. The molecule has 0 unspecified atom stereocenters. The van der Waals surface area contributed by atoms with Crippen LogP contribution in [0.3, 0.4) is 0 Å². The van der Waals surface area contributed by atoms with Crippen LogP contribution in [-0.4, -0.2) is 6.29 Å². The molecule has 0 aromatic heterocycles. The molecule has 0 heterocycles. The number of rotatable bonds is 2. The van der Waals surface area contributed by atoms with Gasteiger partial charge in [-0.3, -0.25) is 4.79 Å². The minimum absolute atomic E-state index is 0.683. The van der Waals surface area contributed by atoms with Gasteiger partial charge in [0.1, 0.15) is 6.29 Å². The zero-order chi connectivity index (χ0) is 10.7. The number of benzene rings is 2. The number of halogens is 1. The van der Waals surface area contributed by atoms with Crippen LogP contribution in [0.2, 0.25) is 5.02 Å². The Balaban J connectivity index is 2.44. The highest BCUT2D eigenvalue weighted by atomic mass is 35.5. The van der Waals surface area contributed by atoms with Crippen molar-refractivity contribution >= 4 is 17.9 Å². The summed E-state index contributed by atoms with van der Waals surface area (Å²) in [5, 5.41) is 0.713. The highest BCUT2D eigenvalue weighted by Crippen LogP contribution is 2.21. The molecule has 0 fully saturated rings. The summed E-state index contributed by atoms with van der Waals surface area (Å²) in [4.78, 5) is 10.6. The molecular weight excluding hydrogens is 208 g/mol. The van der Waals surface area contributed by atoms with E-state index in [1.807, 2.05) is 42.5 Å². The first-order chi connectivity index (χ1) is 7.29. The minimum atomic E-state index is 0.683. The SMILES string of the molecule is O=Cc1cccc(-c2ccc(Cl)cc2)c1. The van der Waals surface area contributed by atoms with Gasteiger partial charge >= 0.3 is 0 Å². The van der Waals surface area contributed by atoms with Crippen LogP contribution >= 0.6 is 11.6 Å². The van der Waals surface area contributed by atoms with E-state index in [0.29, 0.717) is 10.6 Å². The van der Waals surface area contributed by atoms with Gasteiger partial charge in [0.05, 0.1) is 0 Å². The van der Waals surface area contributed by atoms with Crippen LogP contribution in [0.15, 0.2) is 48.5 Å². The Morgan fingerprint density at radius 1 is 0.933 bits per heavy atom. The summed E-state index contributed by atoms with van der Waals surface area (Å²) in [6.07, 6.45) is 0.847. The van der Waals surface area contributed by atoms with Crippen LogP contribution in [-0.2, 0) is 0 Å². The summed E-state index contributed by atoms with van der Waals surface area (Å²) in [7, 11) is 0. The Bertz CT molecular complexity index is 474. The standard InChI is InChI=1S/C13H9ClO/c14-13-6-4-11(5-7-13)12-3-1-2-10(8-12)9-15/h1-9H. The third-order valence-corrected chi connectivity index (χ3v) is 2.45. The van der Waals surface area contributed by atoms with Gasteiger partial charge in [-0.25, -0.2) is 0 Å². The van der Waals surface area contributed by atoms with Crippen LogP contribution in [0.1, 0.15) is 10.4 Å². The maximum Gasteiger partial charge on any atom is 0.150 e. The van der Waals surface area contributed by atoms with Gasteiger partial charge in [-0.2, -0.15) is 0 Å². The van der Waals surface area contributed by atoms with E-state index in [0.717, 1.165) is 17.4 Å². The molecule has 2 aromatic rings. The molecular formula is C13H9ClO. The fourth-order valence-electron chi connectivity index (χ4n) is 1.43. The number of aldehydes is 1. The average Bonchev–Trinajstić information content (AvgIpc) is 2.30. The third-order valence-electron chi connectivity index (χ3n) is 2.20. The molecule has 0 atom stereocenters. The van der Waals surface area contributed by atoms with Crippen LogP contribution < -0.4 is 0 Å². The Morgan fingerprint density at radius 2 is 1.67 bits per heavy atom. The smallest absolute Gasteiger partial charge is 0.150 e. The van der Waals surface area contributed by atoms with Gasteiger partial charge in [0.25, 0.3) is 0 Å². The summed E-state index contributed by atoms with van der Waals surface area (Å²) in [6.45, 7) is 0. The molecule has 74 valence electrons. The fourth-order valence-corrected chi connectivity index (χ4v) is 1.56. The predicted molar refractivity (Wildman–Crippen MR) is 62.3 cm³/mol.